The van der Waals surface area contributed by atoms with Crippen LogP contribution in [0.15, 0.2) is 57.9 Å². The summed E-state index contributed by atoms with van der Waals surface area (Å²) >= 11 is 11.0. The number of nitrogens with one attached hydrogen (secondary N) is 1. The molecule has 7 heteroatoms. The van der Waals surface area contributed by atoms with Crippen LogP contribution in [0.2, 0.25) is 5.02 Å². The van der Waals surface area contributed by atoms with Crippen molar-refractivity contribution in [3.63, 3.8) is 0 Å². The molecule has 0 radical (unpaired) electrons. The minimum Gasteiger partial charge on any atom is -0.355 e. The summed E-state index contributed by atoms with van der Waals surface area (Å²) in [7, 11) is 0. The van der Waals surface area contributed by atoms with Crippen LogP contribution in [0, 0.1) is 0 Å². The topological polar surface area (TPSA) is 49.4 Å². The molecule has 2 amide bonds. The highest BCUT2D eigenvalue weighted by molar-refractivity contribution is 9.10. The van der Waals surface area contributed by atoms with Crippen LogP contribution in [0.1, 0.15) is 25.8 Å². The summed E-state index contributed by atoms with van der Waals surface area (Å²) in [5, 5.41) is 3.50. The van der Waals surface area contributed by atoms with Crippen molar-refractivity contribution >= 4 is 51.1 Å². The smallest absolute Gasteiger partial charge is 0.242 e. The van der Waals surface area contributed by atoms with E-state index < -0.39 is 6.04 Å². The number of hydrogen-bond donors (Lipinski definition) is 1. The van der Waals surface area contributed by atoms with Crippen LogP contribution in [0.25, 0.3) is 0 Å². The number of amides is 2. The summed E-state index contributed by atoms with van der Waals surface area (Å²) in [5.41, 5.74) is 0.976. The van der Waals surface area contributed by atoms with Gasteiger partial charge in [0, 0.05) is 39.7 Å². The van der Waals surface area contributed by atoms with Gasteiger partial charge in [-0.2, -0.15) is 0 Å². The van der Waals surface area contributed by atoms with Crippen molar-refractivity contribution in [2.24, 2.45) is 0 Å². The molecule has 2 rings (SSSR count). The molecular weight excluding hydrogens is 460 g/mol. The zero-order valence-electron chi connectivity index (χ0n) is 16.0. The van der Waals surface area contributed by atoms with E-state index in [1.54, 1.807) is 23.6 Å². The average Bonchev–Trinajstić information content (AvgIpc) is 2.67. The van der Waals surface area contributed by atoms with Gasteiger partial charge in [0.25, 0.3) is 0 Å². The maximum Gasteiger partial charge on any atom is 0.242 e. The van der Waals surface area contributed by atoms with Crippen LogP contribution in [0.4, 0.5) is 0 Å². The minimum absolute atomic E-state index is 0.0415. The zero-order chi connectivity index (χ0) is 20.5. The summed E-state index contributed by atoms with van der Waals surface area (Å²) in [6.07, 6.45) is 0.352. The SMILES string of the molecule is CCNC(=O)[C@H](C)N(Cc1cccc(Br)c1)C(=O)CCSc1ccc(Cl)cc1. The van der Waals surface area contributed by atoms with Gasteiger partial charge < -0.3 is 10.2 Å². The highest BCUT2D eigenvalue weighted by Crippen LogP contribution is 2.22. The number of rotatable bonds is 9. The van der Waals surface area contributed by atoms with E-state index in [-0.39, 0.29) is 11.8 Å². The fraction of sp³-hybridized carbons (Fsp3) is 0.333. The largest absolute Gasteiger partial charge is 0.355 e. The number of carbonyl (C=O) groups excluding carboxylic acids is 2. The van der Waals surface area contributed by atoms with Crippen molar-refractivity contribution in [3.8, 4) is 0 Å². The van der Waals surface area contributed by atoms with Crippen molar-refractivity contribution in [2.75, 3.05) is 12.3 Å². The molecule has 0 bridgehead atoms. The molecule has 28 heavy (non-hydrogen) atoms. The number of thioether (sulfide) groups is 1. The van der Waals surface area contributed by atoms with E-state index >= 15 is 0 Å². The van der Waals surface area contributed by atoms with E-state index in [9.17, 15) is 9.59 Å². The zero-order valence-corrected chi connectivity index (χ0v) is 19.1. The predicted molar refractivity (Wildman–Crippen MR) is 120 cm³/mol. The molecule has 0 fully saturated rings. The average molecular weight is 484 g/mol. The number of likely N-dealkylation sites (N-methyl/N-ethyl adjacent to an activating group) is 1. The Labute approximate surface area is 184 Å². The summed E-state index contributed by atoms with van der Waals surface area (Å²) in [6, 6.07) is 14.8. The van der Waals surface area contributed by atoms with Crippen LogP contribution < -0.4 is 5.32 Å². The number of carbonyl (C=O) groups is 2. The number of halogens is 2. The van der Waals surface area contributed by atoms with E-state index in [2.05, 4.69) is 21.2 Å². The van der Waals surface area contributed by atoms with Gasteiger partial charge >= 0.3 is 0 Å². The van der Waals surface area contributed by atoms with Crippen LogP contribution >= 0.6 is 39.3 Å². The Morgan fingerprint density at radius 3 is 2.57 bits per heavy atom. The van der Waals surface area contributed by atoms with Crippen LogP contribution in [0.5, 0.6) is 0 Å². The van der Waals surface area contributed by atoms with Crippen molar-refractivity contribution in [1.82, 2.24) is 10.2 Å². The third-order valence-electron chi connectivity index (χ3n) is 4.16. The lowest BCUT2D eigenvalue weighted by molar-refractivity contribution is -0.140. The first-order chi connectivity index (χ1) is 13.4. The van der Waals surface area contributed by atoms with Crippen molar-refractivity contribution in [1.29, 1.82) is 0 Å². The van der Waals surface area contributed by atoms with Gasteiger partial charge in [0.15, 0.2) is 0 Å². The molecule has 1 N–H and O–H groups in total. The van der Waals surface area contributed by atoms with Crippen molar-refractivity contribution in [3.05, 3.63) is 63.6 Å². The summed E-state index contributed by atoms with van der Waals surface area (Å²) in [5.74, 6) is 0.453. The quantitative estimate of drug-likeness (QED) is 0.503. The Morgan fingerprint density at radius 2 is 1.93 bits per heavy atom. The highest BCUT2D eigenvalue weighted by atomic mass is 79.9. The predicted octanol–water partition coefficient (Wildman–Crippen LogP) is 5.14. The third-order valence-corrected chi connectivity index (χ3v) is 5.92. The molecule has 0 saturated heterocycles. The second-order valence-electron chi connectivity index (χ2n) is 6.27. The molecule has 0 aliphatic carbocycles. The van der Waals surface area contributed by atoms with Gasteiger partial charge in [-0.05, 0) is 55.8 Å². The molecule has 0 unspecified atom stereocenters. The fourth-order valence-electron chi connectivity index (χ4n) is 2.67. The van der Waals surface area contributed by atoms with Crippen molar-refractivity contribution < 1.29 is 9.59 Å². The minimum atomic E-state index is -0.535. The molecule has 2 aromatic carbocycles. The Balaban J connectivity index is 2.04. The second-order valence-corrected chi connectivity index (χ2v) is 8.79. The van der Waals surface area contributed by atoms with Gasteiger partial charge in [-0.3, -0.25) is 9.59 Å². The van der Waals surface area contributed by atoms with Crippen molar-refractivity contribution in [2.45, 2.75) is 37.8 Å². The first-order valence-corrected chi connectivity index (χ1v) is 11.3. The third kappa shape index (κ3) is 7.15. The van der Waals surface area contributed by atoms with E-state index in [4.69, 9.17) is 11.6 Å². The number of hydrogen-bond acceptors (Lipinski definition) is 3. The summed E-state index contributed by atoms with van der Waals surface area (Å²) < 4.78 is 0.946. The van der Waals surface area contributed by atoms with Gasteiger partial charge in [-0.25, -0.2) is 0 Å². The molecule has 150 valence electrons. The maximum atomic E-state index is 12.9. The van der Waals surface area contributed by atoms with Gasteiger partial charge in [0.05, 0.1) is 0 Å². The normalized spacial score (nSPS) is 11.7. The van der Waals surface area contributed by atoms with Gasteiger partial charge in [0.2, 0.25) is 11.8 Å². The van der Waals surface area contributed by atoms with Crippen LogP contribution in [-0.4, -0.2) is 35.1 Å². The van der Waals surface area contributed by atoms with Gasteiger partial charge in [-0.1, -0.05) is 39.7 Å². The first-order valence-electron chi connectivity index (χ1n) is 9.10. The molecule has 0 aromatic heterocycles. The van der Waals surface area contributed by atoms with Crippen LogP contribution in [-0.2, 0) is 16.1 Å². The number of benzene rings is 2. The second kappa shape index (κ2) is 11.5. The monoisotopic (exact) mass is 482 g/mol. The molecule has 0 aliphatic heterocycles. The Bertz CT molecular complexity index is 801. The molecule has 1 atom stereocenters. The molecule has 0 heterocycles. The molecule has 0 spiro atoms. The van der Waals surface area contributed by atoms with E-state index in [1.165, 1.54) is 0 Å². The molecular formula is C21H24BrClN2O2S. The molecule has 0 aliphatic rings. The number of nitrogens with zero attached hydrogens (tertiary/aromatic N) is 1. The first kappa shape index (κ1) is 22.8. The van der Waals surface area contributed by atoms with E-state index in [1.807, 2.05) is 55.5 Å². The standard InChI is InChI=1S/C21H24BrClN2O2S/c1-3-24-21(27)15(2)25(14-16-5-4-6-17(22)13-16)20(26)11-12-28-19-9-7-18(23)8-10-19/h4-10,13,15H,3,11-12,14H2,1-2H3,(H,24,27)/t15-/m0/s1. The summed E-state index contributed by atoms with van der Waals surface area (Å²) in [4.78, 5) is 28.0. The van der Waals surface area contributed by atoms with E-state index in [0.717, 1.165) is 14.9 Å². The van der Waals surface area contributed by atoms with Gasteiger partial charge in [-0.15, -0.1) is 11.8 Å². The maximum absolute atomic E-state index is 12.9. The lowest BCUT2D eigenvalue weighted by Gasteiger charge is -2.28. The fourth-order valence-corrected chi connectivity index (χ4v) is 4.08. The van der Waals surface area contributed by atoms with Crippen LogP contribution in [0.3, 0.4) is 0 Å². The summed E-state index contributed by atoms with van der Waals surface area (Å²) in [6.45, 7) is 4.57. The molecule has 4 nitrogen and oxygen atoms in total. The highest BCUT2D eigenvalue weighted by Gasteiger charge is 2.25. The Morgan fingerprint density at radius 1 is 1.21 bits per heavy atom. The Kier molecular flexibility index (Phi) is 9.35. The lowest BCUT2D eigenvalue weighted by atomic mass is 10.1. The van der Waals surface area contributed by atoms with Gasteiger partial charge in [0.1, 0.15) is 6.04 Å². The van der Waals surface area contributed by atoms with E-state index in [0.29, 0.717) is 30.3 Å². The molecule has 0 saturated carbocycles. The lowest BCUT2D eigenvalue weighted by Crippen LogP contribution is -2.47. The Hall–Kier alpha value is -1.50. The molecule has 2 aromatic rings.